The van der Waals surface area contributed by atoms with Gasteiger partial charge in [-0.25, -0.2) is 0 Å². The molecule has 0 heterocycles. The van der Waals surface area contributed by atoms with Crippen molar-refractivity contribution in [1.29, 1.82) is 0 Å². The van der Waals surface area contributed by atoms with Gasteiger partial charge in [-0.3, -0.25) is 4.79 Å². The normalized spacial score (nSPS) is 24.9. The molecule has 102 valence electrons. The predicted molar refractivity (Wildman–Crippen MR) is 81.9 cm³/mol. The standard InChI is InChI=1S/C17H15BrO2/c18-15-8-6-14(7-9-15)17(16(19)20)10-13(11-17)12-4-2-1-3-5-12/h1-9,13H,10-11H2,(H,19,20). The van der Waals surface area contributed by atoms with E-state index in [1.165, 1.54) is 5.56 Å². The summed E-state index contributed by atoms with van der Waals surface area (Å²) in [5.41, 5.74) is 1.42. The number of carbonyl (C=O) groups is 1. The Morgan fingerprint density at radius 3 is 2.20 bits per heavy atom. The van der Waals surface area contributed by atoms with Crippen molar-refractivity contribution in [2.24, 2.45) is 0 Å². The number of halogens is 1. The van der Waals surface area contributed by atoms with E-state index in [2.05, 4.69) is 28.1 Å². The molecule has 2 nitrogen and oxygen atoms in total. The van der Waals surface area contributed by atoms with Gasteiger partial charge in [0.25, 0.3) is 0 Å². The summed E-state index contributed by atoms with van der Waals surface area (Å²) in [5, 5.41) is 9.66. The Kier molecular flexibility index (Phi) is 3.38. The molecule has 0 aliphatic heterocycles. The number of rotatable bonds is 3. The van der Waals surface area contributed by atoms with Crippen molar-refractivity contribution in [3.05, 3.63) is 70.2 Å². The molecule has 0 saturated heterocycles. The summed E-state index contributed by atoms with van der Waals surface area (Å²) in [6.07, 6.45) is 1.35. The molecule has 1 aliphatic rings. The molecular formula is C17H15BrO2. The maximum Gasteiger partial charge on any atom is 0.314 e. The lowest BCUT2D eigenvalue weighted by molar-refractivity contribution is -0.148. The lowest BCUT2D eigenvalue weighted by Gasteiger charge is -2.45. The third-order valence-corrected chi connectivity index (χ3v) is 4.80. The van der Waals surface area contributed by atoms with Crippen molar-refractivity contribution in [1.82, 2.24) is 0 Å². The molecular weight excluding hydrogens is 316 g/mol. The van der Waals surface area contributed by atoms with Crippen molar-refractivity contribution in [3.8, 4) is 0 Å². The highest BCUT2D eigenvalue weighted by molar-refractivity contribution is 9.10. The SMILES string of the molecule is O=C(O)C1(c2ccc(Br)cc2)CC(c2ccccc2)C1. The van der Waals surface area contributed by atoms with Crippen LogP contribution in [-0.2, 0) is 10.2 Å². The summed E-state index contributed by atoms with van der Waals surface area (Å²) in [5.74, 6) is -0.372. The number of hydrogen-bond donors (Lipinski definition) is 1. The first-order chi connectivity index (χ1) is 9.62. The van der Waals surface area contributed by atoms with E-state index in [1.54, 1.807) is 0 Å². The van der Waals surface area contributed by atoms with Gasteiger partial charge in [-0.15, -0.1) is 0 Å². The number of carboxylic acids is 1. The maximum absolute atomic E-state index is 11.8. The van der Waals surface area contributed by atoms with Gasteiger partial charge in [-0.2, -0.15) is 0 Å². The minimum absolute atomic E-state index is 0.343. The number of benzene rings is 2. The summed E-state index contributed by atoms with van der Waals surface area (Å²) in [7, 11) is 0. The van der Waals surface area contributed by atoms with Crippen LogP contribution in [-0.4, -0.2) is 11.1 Å². The van der Waals surface area contributed by atoms with Gasteiger partial charge in [-0.1, -0.05) is 58.4 Å². The minimum Gasteiger partial charge on any atom is -0.481 e. The van der Waals surface area contributed by atoms with E-state index in [9.17, 15) is 9.90 Å². The number of carboxylic acid groups (broad SMARTS) is 1. The third kappa shape index (κ3) is 2.16. The molecule has 1 N–H and O–H groups in total. The average Bonchev–Trinajstić information content (AvgIpc) is 2.40. The smallest absolute Gasteiger partial charge is 0.314 e. The minimum atomic E-state index is -0.721. The Hall–Kier alpha value is -1.61. The monoisotopic (exact) mass is 330 g/mol. The molecule has 0 unspecified atom stereocenters. The second-order valence-corrected chi connectivity index (χ2v) is 6.33. The van der Waals surface area contributed by atoms with E-state index >= 15 is 0 Å². The first-order valence-corrected chi connectivity index (χ1v) is 7.45. The predicted octanol–water partition coefficient (Wildman–Crippen LogP) is 4.35. The molecule has 1 aliphatic carbocycles. The lowest BCUT2D eigenvalue weighted by atomic mass is 9.57. The zero-order valence-electron chi connectivity index (χ0n) is 10.9. The van der Waals surface area contributed by atoms with E-state index in [4.69, 9.17) is 0 Å². The summed E-state index contributed by atoms with van der Waals surface area (Å²) >= 11 is 3.39. The number of aliphatic carboxylic acids is 1. The molecule has 3 heteroatoms. The van der Waals surface area contributed by atoms with Crippen molar-refractivity contribution >= 4 is 21.9 Å². The van der Waals surface area contributed by atoms with Crippen molar-refractivity contribution in [2.45, 2.75) is 24.2 Å². The van der Waals surface area contributed by atoms with E-state index in [0.717, 1.165) is 10.0 Å². The van der Waals surface area contributed by atoms with Gasteiger partial charge in [0.15, 0.2) is 0 Å². The first-order valence-electron chi connectivity index (χ1n) is 6.66. The largest absolute Gasteiger partial charge is 0.481 e. The number of hydrogen-bond acceptors (Lipinski definition) is 1. The summed E-state index contributed by atoms with van der Waals surface area (Å²) in [6.45, 7) is 0. The Balaban J connectivity index is 1.87. The van der Waals surface area contributed by atoms with E-state index < -0.39 is 11.4 Å². The average molecular weight is 331 g/mol. The second kappa shape index (κ2) is 5.06. The van der Waals surface area contributed by atoms with Gasteiger partial charge in [0.2, 0.25) is 0 Å². The molecule has 0 bridgehead atoms. The van der Waals surface area contributed by atoms with Gasteiger partial charge in [-0.05, 0) is 42.0 Å². The topological polar surface area (TPSA) is 37.3 Å². The fraction of sp³-hybridized carbons (Fsp3) is 0.235. The van der Waals surface area contributed by atoms with Crippen LogP contribution in [0.2, 0.25) is 0 Å². The summed E-state index contributed by atoms with van der Waals surface area (Å²) < 4.78 is 0.973. The molecule has 2 aromatic rings. The lowest BCUT2D eigenvalue weighted by Crippen LogP contribution is -2.46. The van der Waals surface area contributed by atoms with Crippen LogP contribution in [0.25, 0.3) is 0 Å². The maximum atomic E-state index is 11.8. The molecule has 1 fully saturated rings. The van der Waals surface area contributed by atoms with Crippen molar-refractivity contribution in [2.75, 3.05) is 0 Å². The molecule has 0 amide bonds. The van der Waals surface area contributed by atoms with Crippen LogP contribution < -0.4 is 0 Å². The highest BCUT2D eigenvalue weighted by atomic mass is 79.9. The Labute approximate surface area is 126 Å². The van der Waals surface area contributed by atoms with Crippen molar-refractivity contribution in [3.63, 3.8) is 0 Å². The second-order valence-electron chi connectivity index (χ2n) is 5.41. The highest BCUT2D eigenvalue weighted by Gasteiger charge is 2.51. The van der Waals surface area contributed by atoms with Crippen LogP contribution in [0, 0.1) is 0 Å². The van der Waals surface area contributed by atoms with Gasteiger partial charge >= 0.3 is 5.97 Å². The highest BCUT2D eigenvalue weighted by Crippen LogP contribution is 2.52. The molecule has 20 heavy (non-hydrogen) atoms. The van der Waals surface area contributed by atoms with E-state index in [-0.39, 0.29) is 0 Å². The first kappa shape index (κ1) is 13.4. The molecule has 1 saturated carbocycles. The van der Waals surface area contributed by atoms with Crippen LogP contribution in [0.15, 0.2) is 59.1 Å². The molecule has 0 aromatic heterocycles. The zero-order chi connectivity index (χ0) is 14.2. The van der Waals surface area contributed by atoms with Gasteiger partial charge in [0.1, 0.15) is 0 Å². The van der Waals surface area contributed by atoms with Gasteiger partial charge in [0, 0.05) is 4.47 Å². The van der Waals surface area contributed by atoms with Crippen LogP contribution in [0.1, 0.15) is 29.9 Å². The van der Waals surface area contributed by atoms with Gasteiger partial charge < -0.3 is 5.11 Å². The zero-order valence-corrected chi connectivity index (χ0v) is 12.5. The van der Waals surface area contributed by atoms with Crippen LogP contribution in [0.3, 0.4) is 0 Å². The fourth-order valence-corrected chi connectivity index (χ4v) is 3.31. The fourth-order valence-electron chi connectivity index (χ4n) is 3.05. The van der Waals surface area contributed by atoms with Crippen molar-refractivity contribution < 1.29 is 9.90 Å². The van der Waals surface area contributed by atoms with Crippen LogP contribution >= 0.6 is 15.9 Å². The molecule has 0 spiro atoms. The van der Waals surface area contributed by atoms with Crippen LogP contribution in [0.5, 0.6) is 0 Å². The summed E-state index contributed by atoms with van der Waals surface area (Å²) in [4.78, 5) is 11.8. The Morgan fingerprint density at radius 2 is 1.65 bits per heavy atom. The van der Waals surface area contributed by atoms with Crippen LogP contribution in [0.4, 0.5) is 0 Å². The molecule has 2 aromatic carbocycles. The van der Waals surface area contributed by atoms with Gasteiger partial charge in [0.05, 0.1) is 5.41 Å². The van der Waals surface area contributed by atoms with E-state index in [1.807, 2.05) is 42.5 Å². The van der Waals surface area contributed by atoms with E-state index in [0.29, 0.717) is 18.8 Å². The molecule has 0 atom stereocenters. The quantitative estimate of drug-likeness (QED) is 0.908. The third-order valence-electron chi connectivity index (χ3n) is 4.27. The Bertz CT molecular complexity index is 613. The molecule has 3 rings (SSSR count). The summed E-state index contributed by atoms with van der Waals surface area (Å²) in [6, 6.07) is 17.8. The molecule has 0 radical (unpaired) electrons. The Morgan fingerprint density at radius 1 is 1.05 bits per heavy atom.